The Hall–Kier alpha value is -1.02. The van der Waals surface area contributed by atoms with Crippen LogP contribution in [0, 0.1) is 11.3 Å². The molecule has 0 saturated heterocycles. The molecule has 2 rings (SSSR count). The molecule has 1 aliphatic rings. The Kier molecular flexibility index (Phi) is 4.87. The molecule has 92 valence electrons. The highest BCUT2D eigenvalue weighted by molar-refractivity contribution is 7.99. The second-order valence-electron chi connectivity index (χ2n) is 4.32. The van der Waals surface area contributed by atoms with Gasteiger partial charge in [0.1, 0.15) is 5.82 Å². The van der Waals surface area contributed by atoms with Crippen LogP contribution in [0.2, 0.25) is 0 Å². The highest BCUT2D eigenvalue weighted by Gasteiger charge is 2.14. The van der Waals surface area contributed by atoms with Crippen LogP contribution in [0.15, 0.2) is 5.16 Å². The van der Waals surface area contributed by atoms with Gasteiger partial charge < -0.3 is 4.57 Å². The molecule has 0 saturated carbocycles. The number of thioether (sulfide) groups is 1. The van der Waals surface area contributed by atoms with E-state index in [4.69, 9.17) is 5.26 Å². The lowest BCUT2D eigenvalue weighted by Crippen LogP contribution is -2.02. The minimum absolute atomic E-state index is 0.665. The summed E-state index contributed by atoms with van der Waals surface area (Å²) in [4.78, 5) is 0. The molecule has 1 aromatic heterocycles. The van der Waals surface area contributed by atoms with Gasteiger partial charge in [0.2, 0.25) is 0 Å². The monoisotopic (exact) mass is 250 g/mol. The van der Waals surface area contributed by atoms with Crippen LogP contribution in [0.1, 0.15) is 44.3 Å². The molecule has 0 spiro atoms. The van der Waals surface area contributed by atoms with E-state index in [0.29, 0.717) is 6.42 Å². The summed E-state index contributed by atoms with van der Waals surface area (Å²) in [5, 5.41) is 18.1. The van der Waals surface area contributed by atoms with Crippen LogP contribution in [0.5, 0.6) is 0 Å². The third-order valence-electron chi connectivity index (χ3n) is 2.99. The van der Waals surface area contributed by atoms with Crippen molar-refractivity contribution in [1.82, 2.24) is 14.8 Å². The number of nitrogens with zero attached hydrogens (tertiary/aromatic N) is 4. The van der Waals surface area contributed by atoms with E-state index in [9.17, 15) is 0 Å². The van der Waals surface area contributed by atoms with Gasteiger partial charge in [0.15, 0.2) is 5.16 Å². The highest BCUT2D eigenvalue weighted by Crippen LogP contribution is 2.22. The number of aryl methyl sites for hydroxylation is 1. The second-order valence-corrected chi connectivity index (χ2v) is 5.39. The summed E-state index contributed by atoms with van der Waals surface area (Å²) in [6.07, 6.45) is 7.60. The number of unbranched alkanes of at least 4 members (excludes halogenated alkanes) is 2. The molecule has 1 aliphatic heterocycles. The van der Waals surface area contributed by atoms with Gasteiger partial charge in [0, 0.05) is 25.1 Å². The van der Waals surface area contributed by atoms with Crippen molar-refractivity contribution in [1.29, 1.82) is 5.26 Å². The van der Waals surface area contributed by atoms with Crippen LogP contribution in [0.3, 0.4) is 0 Å². The van der Waals surface area contributed by atoms with Crippen molar-refractivity contribution in [2.45, 2.75) is 56.6 Å². The van der Waals surface area contributed by atoms with E-state index in [1.165, 1.54) is 19.3 Å². The molecule has 17 heavy (non-hydrogen) atoms. The predicted octanol–water partition coefficient (Wildman–Crippen LogP) is 2.79. The first-order chi connectivity index (χ1) is 8.42. The molecule has 0 atom stereocenters. The Morgan fingerprint density at radius 2 is 2.18 bits per heavy atom. The minimum atomic E-state index is 0.665. The molecule has 0 unspecified atom stereocenters. The zero-order chi connectivity index (χ0) is 11.9. The van der Waals surface area contributed by atoms with Crippen molar-refractivity contribution < 1.29 is 0 Å². The van der Waals surface area contributed by atoms with Crippen molar-refractivity contribution in [3.63, 3.8) is 0 Å². The third kappa shape index (κ3) is 3.47. The van der Waals surface area contributed by atoms with Gasteiger partial charge in [-0.3, -0.25) is 0 Å². The summed E-state index contributed by atoms with van der Waals surface area (Å²) < 4.78 is 2.28. The largest absolute Gasteiger partial charge is 0.306 e. The van der Waals surface area contributed by atoms with Crippen molar-refractivity contribution in [2.24, 2.45) is 0 Å². The molecule has 1 aromatic rings. The van der Waals surface area contributed by atoms with E-state index in [2.05, 4.69) is 20.8 Å². The quantitative estimate of drug-likeness (QED) is 0.595. The molecular formula is C12H18N4S. The minimum Gasteiger partial charge on any atom is -0.306 e. The zero-order valence-electron chi connectivity index (χ0n) is 10.1. The highest BCUT2D eigenvalue weighted by atomic mass is 32.2. The summed E-state index contributed by atoms with van der Waals surface area (Å²) in [6.45, 7) is 1.07. The van der Waals surface area contributed by atoms with E-state index >= 15 is 0 Å². The Labute approximate surface area is 106 Å². The predicted molar refractivity (Wildman–Crippen MR) is 67.8 cm³/mol. The lowest BCUT2D eigenvalue weighted by Gasteiger charge is -2.05. The molecule has 0 amide bonds. The number of fused-ring (bicyclic) bond motifs is 1. The molecule has 5 heteroatoms. The number of hydrogen-bond acceptors (Lipinski definition) is 4. The zero-order valence-corrected chi connectivity index (χ0v) is 10.9. The fourth-order valence-electron chi connectivity index (χ4n) is 2.03. The normalized spacial score (nSPS) is 15.0. The maximum atomic E-state index is 8.46. The van der Waals surface area contributed by atoms with Crippen molar-refractivity contribution in [3.05, 3.63) is 5.82 Å². The first-order valence-electron chi connectivity index (χ1n) is 6.33. The van der Waals surface area contributed by atoms with E-state index in [-0.39, 0.29) is 0 Å². The number of hydrogen-bond donors (Lipinski definition) is 0. The molecular weight excluding hydrogens is 232 g/mol. The smallest absolute Gasteiger partial charge is 0.191 e. The summed E-state index contributed by atoms with van der Waals surface area (Å²) >= 11 is 1.78. The van der Waals surface area contributed by atoms with Crippen LogP contribution in [-0.2, 0) is 13.0 Å². The molecule has 4 nitrogen and oxygen atoms in total. The average molecular weight is 250 g/mol. The fourth-order valence-corrected chi connectivity index (χ4v) is 3.02. The van der Waals surface area contributed by atoms with E-state index in [1.807, 2.05) is 0 Å². The van der Waals surface area contributed by atoms with Gasteiger partial charge in [-0.15, -0.1) is 10.2 Å². The summed E-state index contributed by atoms with van der Waals surface area (Å²) in [7, 11) is 0. The molecule has 0 aliphatic carbocycles. The first-order valence-corrected chi connectivity index (χ1v) is 7.32. The molecule has 0 bridgehead atoms. The first kappa shape index (κ1) is 12.4. The second kappa shape index (κ2) is 6.65. The van der Waals surface area contributed by atoms with Gasteiger partial charge >= 0.3 is 0 Å². The van der Waals surface area contributed by atoms with Gasteiger partial charge in [-0.25, -0.2) is 0 Å². The topological polar surface area (TPSA) is 54.5 Å². The number of aromatic nitrogens is 3. The summed E-state index contributed by atoms with van der Waals surface area (Å²) in [5.74, 6) is 2.20. The van der Waals surface area contributed by atoms with Crippen LogP contribution < -0.4 is 0 Å². The van der Waals surface area contributed by atoms with Crippen molar-refractivity contribution in [2.75, 3.05) is 5.75 Å². The summed E-state index contributed by atoms with van der Waals surface area (Å²) in [5.41, 5.74) is 0. The van der Waals surface area contributed by atoms with Crippen molar-refractivity contribution >= 4 is 11.8 Å². The SMILES string of the molecule is N#CCCCCSc1nnc2n1CCCCC2. The van der Waals surface area contributed by atoms with Crippen LogP contribution in [0.4, 0.5) is 0 Å². The maximum Gasteiger partial charge on any atom is 0.191 e. The van der Waals surface area contributed by atoms with Gasteiger partial charge in [-0.2, -0.15) is 5.26 Å². The van der Waals surface area contributed by atoms with Crippen LogP contribution in [0.25, 0.3) is 0 Å². The Balaban J connectivity index is 1.84. The molecule has 0 aromatic carbocycles. The lowest BCUT2D eigenvalue weighted by molar-refractivity contribution is 0.590. The van der Waals surface area contributed by atoms with Gasteiger partial charge in [0.05, 0.1) is 6.07 Å². The molecule has 0 fully saturated rings. The molecule has 0 N–H and O–H groups in total. The van der Waals surface area contributed by atoms with Gasteiger partial charge in [-0.1, -0.05) is 18.2 Å². The van der Waals surface area contributed by atoms with E-state index in [0.717, 1.165) is 42.5 Å². The molecule has 0 radical (unpaired) electrons. The maximum absolute atomic E-state index is 8.46. The van der Waals surface area contributed by atoms with Gasteiger partial charge in [0.25, 0.3) is 0 Å². The van der Waals surface area contributed by atoms with Gasteiger partial charge in [-0.05, 0) is 25.7 Å². The lowest BCUT2D eigenvalue weighted by atomic mass is 10.2. The summed E-state index contributed by atoms with van der Waals surface area (Å²) in [6, 6.07) is 2.18. The van der Waals surface area contributed by atoms with Crippen molar-refractivity contribution in [3.8, 4) is 6.07 Å². The molecule has 2 heterocycles. The van der Waals surface area contributed by atoms with E-state index < -0.39 is 0 Å². The number of rotatable bonds is 5. The Morgan fingerprint density at radius 3 is 3.06 bits per heavy atom. The number of nitriles is 1. The average Bonchev–Trinajstić information content (AvgIpc) is 2.59. The standard InChI is InChI=1S/C12H18N4S/c13-8-4-2-6-10-17-12-15-14-11-7-3-1-5-9-16(11)12/h1-7,9-10H2. The third-order valence-corrected chi connectivity index (χ3v) is 4.04. The van der Waals surface area contributed by atoms with Crippen LogP contribution in [-0.4, -0.2) is 20.5 Å². The van der Waals surface area contributed by atoms with E-state index in [1.54, 1.807) is 11.8 Å². The Bertz CT molecular complexity index is 394. The Morgan fingerprint density at radius 1 is 1.24 bits per heavy atom. The fraction of sp³-hybridized carbons (Fsp3) is 0.750. The van der Waals surface area contributed by atoms with Crippen LogP contribution >= 0.6 is 11.8 Å².